The van der Waals surface area contributed by atoms with Crippen molar-refractivity contribution in [1.29, 1.82) is 0 Å². The zero-order valence-electron chi connectivity index (χ0n) is 18.4. The van der Waals surface area contributed by atoms with Gasteiger partial charge in [-0.25, -0.2) is 0 Å². The Kier molecular flexibility index (Phi) is 7.75. The van der Waals surface area contributed by atoms with E-state index in [1.165, 1.54) is 32.3 Å². The molecule has 3 aromatic heterocycles. The highest BCUT2D eigenvalue weighted by Gasteiger charge is 1.88. The third kappa shape index (κ3) is 6.49. The second kappa shape index (κ2) is 11.8. The summed E-state index contributed by atoms with van der Waals surface area (Å²) in [6, 6.07) is 36.8. The summed E-state index contributed by atoms with van der Waals surface area (Å²) in [5.74, 6) is 0. The van der Waals surface area contributed by atoms with E-state index in [1.807, 2.05) is 110 Å². The minimum atomic E-state index is 1.28. The Labute approximate surface area is 193 Å². The maximum atomic E-state index is 3.04. The molecule has 3 heterocycles. The molecule has 0 aliphatic carbocycles. The van der Waals surface area contributed by atoms with Crippen molar-refractivity contribution < 1.29 is 0 Å². The van der Waals surface area contributed by atoms with Gasteiger partial charge in [-0.15, -0.1) is 0 Å². The molecular formula is C30H27N3. The fraction of sp³-hybridized carbons (Fsp3) is 0. The lowest BCUT2D eigenvalue weighted by molar-refractivity contribution is 1.43. The summed E-state index contributed by atoms with van der Waals surface area (Å²) in [7, 11) is 0. The summed E-state index contributed by atoms with van der Waals surface area (Å²) in [6.07, 6.45) is 12.0. The zero-order valence-corrected chi connectivity index (χ0v) is 18.4. The molecule has 0 radical (unpaired) electrons. The molecule has 3 nitrogen and oxygen atoms in total. The summed E-state index contributed by atoms with van der Waals surface area (Å²) in [5.41, 5.74) is 0. The molecule has 0 spiro atoms. The highest BCUT2D eigenvalue weighted by atomic mass is 14.6. The van der Waals surface area contributed by atoms with Crippen LogP contribution in [0.1, 0.15) is 0 Å². The minimum Gasteiger partial charge on any atom is -0.366 e. The number of H-pyrrole nitrogens is 3. The van der Waals surface area contributed by atoms with E-state index in [1.54, 1.807) is 0 Å². The topological polar surface area (TPSA) is 47.4 Å². The first-order valence-electron chi connectivity index (χ1n) is 10.9. The van der Waals surface area contributed by atoms with E-state index in [4.69, 9.17) is 0 Å². The predicted octanol–water partition coefficient (Wildman–Crippen LogP) is 8.19. The van der Waals surface area contributed by atoms with E-state index in [2.05, 4.69) is 51.4 Å². The summed E-state index contributed by atoms with van der Waals surface area (Å²) in [5, 5.41) is 7.65. The van der Waals surface area contributed by atoms with Crippen LogP contribution in [0.25, 0.3) is 32.3 Å². The number of hydrogen-bond donors (Lipinski definition) is 3. The molecule has 33 heavy (non-hydrogen) atoms. The van der Waals surface area contributed by atoms with Crippen molar-refractivity contribution in [3.8, 4) is 0 Å². The van der Waals surface area contributed by atoms with Crippen molar-refractivity contribution >= 4 is 32.3 Å². The monoisotopic (exact) mass is 429 g/mol. The van der Waals surface area contributed by atoms with Crippen molar-refractivity contribution in [2.75, 3.05) is 0 Å². The van der Waals surface area contributed by atoms with E-state index in [0.29, 0.717) is 0 Å². The summed E-state index contributed by atoms with van der Waals surface area (Å²) < 4.78 is 0. The van der Waals surface area contributed by atoms with E-state index in [0.717, 1.165) is 0 Å². The van der Waals surface area contributed by atoms with Gasteiger partial charge in [0.1, 0.15) is 0 Å². The van der Waals surface area contributed by atoms with Crippen LogP contribution in [-0.4, -0.2) is 15.0 Å². The molecule has 0 aliphatic rings. The maximum Gasteiger partial charge on any atom is 0.00843 e. The molecular weight excluding hydrogens is 402 g/mol. The van der Waals surface area contributed by atoms with Gasteiger partial charge in [0.25, 0.3) is 0 Å². The molecule has 3 N–H and O–H groups in total. The first-order valence-corrected chi connectivity index (χ1v) is 10.9. The molecule has 0 saturated carbocycles. The van der Waals surface area contributed by atoms with Crippen LogP contribution >= 0.6 is 0 Å². The van der Waals surface area contributed by atoms with Gasteiger partial charge >= 0.3 is 0 Å². The van der Waals surface area contributed by atoms with Crippen LogP contribution in [0.5, 0.6) is 0 Å². The minimum absolute atomic E-state index is 1.28. The summed E-state index contributed by atoms with van der Waals surface area (Å²) in [4.78, 5) is 9.11. The van der Waals surface area contributed by atoms with Gasteiger partial charge in [-0.05, 0) is 32.3 Å². The van der Waals surface area contributed by atoms with Crippen molar-refractivity contribution in [1.82, 2.24) is 15.0 Å². The van der Waals surface area contributed by atoms with Gasteiger partial charge in [-0.3, -0.25) is 0 Å². The normalized spacial score (nSPS) is 9.82. The first kappa shape index (κ1) is 21.7. The van der Waals surface area contributed by atoms with Crippen LogP contribution in [0, 0.1) is 0 Å². The van der Waals surface area contributed by atoms with Crippen LogP contribution in [0.15, 0.2) is 146 Å². The van der Waals surface area contributed by atoms with E-state index >= 15 is 0 Å². The van der Waals surface area contributed by atoms with Gasteiger partial charge in [0.05, 0.1) is 0 Å². The number of rotatable bonds is 0. The lowest BCUT2D eigenvalue weighted by Gasteiger charge is -1.81. The number of benzene rings is 4. The molecule has 3 heteroatoms. The molecule has 0 atom stereocenters. The molecule has 0 fully saturated rings. The molecule has 7 aromatic rings. The van der Waals surface area contributed by atoms with Gasteiger partial charge in [-0.1, -0.05) is 109 Å². The summed E-state index contributed by atoms with van der Waals surface area (Å²) >= 11 is 0. The standard InChI is InChI=1S/3C8H7N.C6H6/c3*1-2-4-8-6-9-5-7(8)3-1;1-2-4-6-5-3-1/h3*1-6,9H;1-6H. The maximum absolute atomic E-state index is 3.04. The highest BCUT2D eigenvalue weighted by molar-refractivity contribution is 5.82. The van der Waals surface area contributed by atoms with E-state index < -0.39 is 0 Å². The molecule has 0 saturated heterocycles. The van der Waals surface area contributed by atoms with Gasteiger partial charge in [0.2, 0.25) is 0 Å². The third-order valence-electron chi connectivity index (χ3n) is 5.09. The van der Waals surface area contributed by atoms with Crippen LogP contribution in [0.2, 0.25) is 0 Å². The molecule has 4 aromatic carbocycles. The zero-order chi connectivity index (χ0) is 22.6. The predicted molar refractivity (Wildman–Crippen MR) is 141 cm³/mol. The van der Waals surface area contributed by atoms with Gasteiger partial charge in [0, 0.05) is 37.2 Å². The van der Waals surface area contributed by atoms with Crippen molar-refractivity contribution in [2.24, 2.45) is 0 Å². The quantitative estimate of drug-likeness (QED) is 0.218. The Balaban J connectivity index is 0.000000106. The molecule has 0 bridgehead atoms. The second-order valence-electron chi connectivity index (χ2n) is 7.41. The first-order chi connectivity index (χ1) is 16.4. The second-order valence-corrected chi connectivity index (χ2v) is 7.41. The van der Waals surface area contributed by atoms with Gasteiger partial charge in [-0.2, -0.15) is 0 Å². The van der Waals surface area contributed by atoms with Crippen LogP contribution in [0.3, 0.4) is 0 Å². The largest absolute Gasteiger partial charge is 0.366 e. The lowest BCUT2D eigenvalue weighted by atomic mass is 10.2. The Morgan fingerprint density at radius 1 is 0.242 bits per heavy atom. The van der Waals surface area contributed by atoms with Crippen molar-refractivity contribution in [3.05, 3.63) is 146 Å². The Morgan fingerprint density at radius 3 is 0.606 bits per heavy atom. The molecule has 0 unspecified atom stereocenters. The number of hydrogen-bond acceptors (Lipinski definition) is 0. The Bertz CT molecular complexity index is 1200. The SMILES string of the molecule is c1ccc2c[nH]cc2c1.c1ccc2c[nH]cc2c1.c1ccc2c[nH]cc2c1.c1ccccc1. The van der Waals surface area contributed by atoms with Crippen LogP contribution < -0.4 is 0 Å². The number of nitrogens with one attached hydrogen (secondary N) is 3. The molecule has 0 amide bonds. The summed E-state index contributed by atoms with van der Waals surface area (Å²) in [6.45, 7) is 0. The lowest BCUT2D eigenvalue weighted by Crippen LogP contribution is -1.57. The van der Waals surface area contributed by atoms with Gasteiger partial charge in [0.15, 0.2) is 0 Å². The highest BCUT2D eigenvalue weighted by Crippen LogP contribution is 2.11. The van der Waals surface area contributed by atoms with Crippen LogP contribution in [-0.2, 0) is 0 Å². The molecule has 7 rings (SSSR count). The van der Waals surface area contributed by atoms with Crippen molar-refractivity contribution in [2.45, 2.75) is 0 Å². The average Bonchev–Trinajstić information content (AvgIpc) is 3.67. The number of fused-ring (bicyclic) bond motifs is 3. The molecule has 162 valence electrons. The number of aromatic nitrogens is 3. The fourth-order valence-electron chi connectivity index (χ4n) is 3.37. The number of aromatic amines is 3. The molecule has 0 aliphatic heterocycles. The average molecular weight is 430 g/mol. The third-order valence-corrected chi connectivity index (χ3v) is 5.09. The van der Waals surface area contributed by atoms with Crippen molar-refractivity contribution in [3.63, 3.8) is 0 Å². The van der Waals surface area contributed by atoms with E-state index in [-0.39, 0.29) is 0 Å². The smallest absolute Gasteiger partial charge is 0.00843 e. The Morgan fingerprint density at radius 2 is 0.424 bits per heavy atom. The fourth-order valence-corrected chi connectivity index (χ4v) is 3.37. The van der Waals surface area contributed by atoms with Crippen LogP contribution in [0.4, 0.5) is 0 Å². The Hall–Kier alpha value is -4.50. The van der Waals surface area contributed by atoms with Gasteiger partial charge < -0.3 is 15.0 Å². The van der Waals surface area contributed by atoms with E-state index in [9.17, 15) is 0 Å².